The molecule has 0 spiro atoms. The van der Waals surface area contributed by atoms with E-state index in [1.807, 2.05) is 0 Å². The minimum absolute atomic E-state index is 0.187. The van der Waals surface area contributed by atoms with Crippen LogP contribution in [-0.2, 0) is 0 Å². The molecule has 0 heterocycles. The highest BCUT2D eigenvalue weighted by Gasteiger charge is 2.28. The molecule has 0 saturated heterocycles. The first-order valence-electron chi connectivity index (χ1n) is 5.33. The molecule has 1 N–H and O–H groups in total. The van der Waals surface area contributed by atoms with Crippen LogP contribution in [0.5, 0.6) is 0 Å². The van der Waals surface area contributed by atoms with Gasteiger partial charge in [0.1, 0.15) is 11.6 Å². The quantitative estimate of drug-likeness (QED) is 0.807. The first kappa shape index (κ1) is 10.6. The second-order valence-electron chi connectivity index (χ2n) is 4.16. The predicted octanol–water partition coefficient (Wildman–Crippen LogP) is 3.03. The Hall–Kier alpha value is -0.960. The molecule has 1 aliphatic carbocycles. The standard InChI is InChI=1S/C12H15F2N/c1-15-11(7-8-5-6-8)12-9(13)3-2-4-10(12)14/h2-4,8,11,15H,5-7H2,1H3. The maximum Gasteiger partial charge on any atom is 0.130 e. The lowest BCUT2D eigenvalue weighted by Gasteiger charge is -2.17. The summed E-state index contributed by atoms with van der Waals surface area (Å²) in [5.41, 5.74) is 0.187. The van der Waals surface area contributed by atoms with Gasteiger partial charge in [0.15, 0.2) is 0 Å². The summed E-state index contributed by atoms with van der Waals surface area (Å²) in [6, 6.07) is 3.84. The Kier molecular flexibility index (Phi) is 3.00. The van der Waals surface area contributed by atoms with Gasteiger partial charge in [-0.2, -0.15) is 0 Å². The van der Waals surface area contributed by atoms with Crippen LogP contribution in [0.2, 0.25) is 0 Å². The number of rotatable bonds is 4. The number of hydrogen-bond donors (Lipinski definition) is 1. The molecule has 3 heteroatoms. The Morgan fingerprint density at radius 2 is 1.93 bits per heavy atom. The van der Waals surface area contributed by atoms with Crippen molar-refractivity contribution in [2.75, 3.05) is 7.05 Å². The zero-order chi connectivity index (χ0) is 10.8. The molecule has 15 heavy (non-hydrogen) atoms. The van der Waals surface area contributed by atoms with E-state index < -0.39 is 11.6 Å². The molecule has 0 radical (unpaired) electrons. The van der Waals surface area contributed by atoms with Gasteiger partial charge in [0.05, 0.1) is 0 Å². The van der Waals surface area contributed by atoms with Crippen LogP contribution in [-0.4, -0.2) is 7.05 Å². The summed E-state index contributed by atoms with van der Waals surface area (Å²) >= 11 is 0. The minimum Gasteiger partial charge on any atom is -0.313 e. The average Bonchev–Trinajstić information content (AvgIpc) is 2.99. The van der Waals surface area contributed by atoms with Crippen LogP contribution in [0.15, 0.2) is 18.2 Å². The minimum atomic E-state index is -0.449. The lowest BCUT2D eigenvalue weighted by atomic mass is 10.0. The molecule has 0 aliphatic heterocycles. The monoisotopic (exact) mass is 211 g/mol. The number of nitrogens with one attached hydrogen (secondary N) is 1. The van der Waals surface area contributed by atoms with Gasteiger partial charge in [0, 0.05) is 11.6 Å². The van der Waals surface area contributed by atoms with Crippen molar-refractivity contribution in [1.29, 1.82) is 0 Å². The smallest absolute Gasteiger partial charge is 0.130 e. The molecule has 0 amide bonds. The van der Waals surface area contributed by atoms with Gasteiger partial charge in [-0.3, -0.25) is 0 Å². The zero-order valence-electron chi connectivity index (χ0n) is 8.76. The highest BCUT2D eigenvalue weighted by molar-refractivity contribution is 5.23. The lowest BCUT2D eigenvalue weighted by molar-refractivity contribution is 0.454. The second kappa shape index (κ2) is 4.27. The van der Waals surface area contributed by atoms with Gasteiger partial charge in [-0.25, -0.2) is 8.78 Å². The van der Waals surface area contributed by atoms with Crippen molar-refractivity contribution in [2.45, 2.75) is 25.3 Å². The molecule has 1 fully saturated rings. The Morgan fingerprint density at radius 1 is 1.33 bits per heavy atom. The van der Waals surface area contributed by atoms with Crippen LogP contribution in [0.4, 0.5) is 8.78 Å². The summed E-state index contributed by atoms with van der Waals surface area (Å²) in [5, 5.41) is 2.99. The molecule has 1 atom stereocenters. The summed E-state index contributed by atoms with van der Waals surface area (Å²) in [5.74, 6) is -0.258. The molecule has 1 saturated carbocycles. The normalized spacial score (nSPS) is 17.8. The fourth-order valence-corrected chi connectivity index (χ4v) is 1.91. The molecule has 1 aliphatic rings. The Morgan fingerprint density at radius 3 is 2.40 bits per heavy atom. The zero-order valence-corrected chi connectivity index (χ0v) is 8.76. The fraction of sp³-hybridized carbons (Fsp3) is 0.500. The van der Waals surface area contributed by atoms with Gasteiger partial charge in [0.2, 0.25) is 0 Å². The average molecular weight is 211 g/mol. The molecule has 1 aromatic carbocycles. The van der Waals surface area contributed by atoms with E-state index in [0.29, 0.717) is 5.92 Å². The molecule has 0 aromatic heterocycles. The van der Waals surface area contributed by atoms with E-state index in [1.165, 1.54) is 31.0 Å². The van der Waals surface area contributed by atoms with Crippen LogP contribution in [0.1, 0.15) is 30.9 Å². The molecule has 82 valence electrons. The fourth-order valence-electron chi connectivity index (χ4n) is 1.91. The predicted molar refractivity (Wildman–Crippen MR) is 55.5 cm³/mol. The number of benzene rings is 1. The van der Waals surface area contributed by atoms with E-state index in [0.717, 1.165) is 6.42 Å². The SMILES string of the molecule is CNC(CC1CC1)c1c(F)cccc1F. The lowest BCUT2D eigenvalue weighted by Crippen LogP contribution is -2.19. The molecule has 0 bridgehead atoms. The van der Waals surface area contributed by atoms with Gasteiger partial charge in [0.25, 0.3) is 0 Å². The first-order chi connectivity index (χ1) is 7.22. The van der Waals surface area contributed by atoms with Gasteiger partial charge >= 0.3 is 0 Å². The van der Waals surface area contributed by atoms with Crippen LogP contribution in [0.25, 0.3) is 0 Å². The van der Waals surface area contributed by atoms with Crippen molar-refractivity contribution in [3.05, 3.63) is 35.4 Å². The Bertz CT molecular complexity index is 327. The molecular weight excluding hydrogens is 196 g/mol. The maximum atomic E-state index is 13.5. The van der Waals surface area contributed by atoms with Crippen LogP contribution < -0.4 is 5.32 Å². The van der Waals surface area contributed by atoms with Crippen molar-refractivity contribution in [3.8, 4) is 0 Å². The largest absolute Gasteiger partial charge is 0.313 e. The van der Waals surface area contributed by atoms with Gasteiger partial charge < -0.3 is 5.32 Å². The van der Waals surface area contributed by atoms with Crippen LogP contribution in [0, 0.1) is 17.6 Å². The first-order valence-corrected chi connectivity index (χ1v) is 5.33. The third kappa shape index (κ3) is 2.34. The Balaban J connectivity index is 2.23. The van der Waals surface area contributed by atoms with Gasteiger partial charge in [-0.1, -0.05) is 18.9 Å². The maximum absolute atomic E-state index is 13.5. The van der Waals surface area contributed by atoms with Crippen molar-refractivity contribution >= 4 is 0 Å². The molecule has 1 nitrogen and oxygen atoms in total. The van der Waals surface area contributed by atoms with Crippen LogP contribution in [0.3, 0.4) is 0 Å². The molecule has 1 unspecified atom stereocenters. The third-order valence-corrected chi connectivity index (χ3v) is 2.96. The van der Waals surface area contributed by atoms with E-state index in [9.17, 15) is 8.78 Å². The third-order valence-electron chi connectivity index (χ3n) is 2.96. The van der Waals surface area contributed by atoms with E-state index in [2.05, 4.69) is 5.32 Å². The van der Waals surface area contributed by atoms with Crippen LogP contribution >= 0.6 is 0 Å². The highest BCUT2D eigenvalue weighted by atomic mass is 19.1. The van der Waals surface area contributed by atoms with Crippen molar-refractivity contribution < 1.29 is 8.78 Å². The molecular formula is C12H15F2N. The Labute approximate surface area is 88.5 Å². The van der Waals surface area contributed by atoms with Crippen molar-refractivity contribution in [2.24, 2.45) is 5.92 Å². The van der Waals surface area contributed by atoms with Crippen molar-refractivity contribution in [1.82, 2.24) is 5.32 Å². The summed E-state index contributed by atoms with van der Waals surface area (Å²) in [6.45, 7) is 0. The topological polar surface area (TPSA) is 12.0 Å². The van der Waals surface area contributed by atoms with Crippen molar-refractivity contribution in [3.63, 3.8) is 0 Å². The van der Waals surface area contributed by atoms with Gasteiger partial charge in [-0.15, -0.1) is 0 Å². The molecule has 2 rings (SSSR count). The second-order valence-corrected chi connectivity index (χ2v) is 4.16. The van der Waals surface area contributed by atoms with E-state index >= 15 is 0 Å². The molecule has 1 aromatic rings. The van der Waals surface area contributed by atoms with E-state index in [1.54, 1.807) is 7.05 Å². The summed E-state index contributed by atoms with van der Waals surface area (Å²) in [6.07, 6.45) is 3.21. The summed E-state index contributed by atoms with van der Waals surface area (Å²) in [4.78, 5) is 0. The summed E-state index contributed by atoms with van der Waals surface area (Å²) < 4.78 is 27.0. The number of halogens is 2. The van der Waals surface area contributed by atoms with E-state index in [-0.39, 0.29) is 11.6 Å². The highest BCUT2D eigenvalue weighted by Crippen LogP contribution is 2.38. The summed E-state index contributed by atoms with van der Waals surface area (Å²) in [7, 11) is 1.75. The van der Waals surface area contributed by atoms with E-state index in [4.69, 9.17) is 0 Å². The number of hydrogen-bond acceptors (Lipinski definition) is 1. The van der Waals surface area contributed by atoms with Gasteiger partial charge in [-0.05, 0) is 31.5 Å².